The third-order valence-corrected chi connectivity index (χ3v) is 1.63. The Morgan fingerprint density at radius 2 is 2.14 bits per heavy atom. The van der Waals surface area contributed by atoms with Crippen molar-refractivity contribution in [2.24, 2.45) is 4.99 Å². The van der Waals surface area contributed by atoms with E-state index in [1.165, 1.54) is 12.0 Å². The second kappa shape index (κ2) is 3.86. The first-order valence-corrected chi connectivity index (χ1v) is 4.47. The lowest BCUT2D eigenvalue weighted by molar-refractivity contribution is 0.0295. The lowest BCUT2D eigenvalue weighted by Crippen LogP contribution is -2.36. The summed E-state index contributed by atoms with van der Waals surface area (Å²) in [6, 6.07) is 0. The topological polar surface area (TPSA) is 51.1 Å². The molecular formula is C9H16N2O3. The number of rotatable bonds is 0. The van der Waals surface area contributed by atoms with E-state index < -0.39 is 5.60 Å². The molecule has 5 heteroatoms. The first kappa shape index (κ1) is 10.8. The van der Waals surface area contributed by atoms with Crippen LogP contribution in [0, 0.1) is 0 Å². The molecule has 0 atom stereocenters. The first-order valence-electron chi connectivity index (χ1n) is 4.47. The standard InChI is InChI=1S/C9H16N2O3/c1-9(2,3)14-8(12)11-5-7(13-4)10-6-11/h5-6H2,1-4H3. The quantitative estimate of drug-likeness (QED) is 0.591. The molecule has 0 aromatic heterocycles. The number of ether oxygens (including phenoxy) is 2. The van der Waals surface area contributed by atoms with Crippen molar-refractivity contribution >= 4 is 12.0 Å². The van der Waals surface area contributed by atoms with Crippen LogP contribution in [0.15, 0.2) is 4.99 Å². The van der Waals surface area contributed by atoms with E-state index in [0.29, 0.717) is 19.1 Å². The van der Waals surface area contributed by atoms with Crippen molar-refractivity contribution in [3.8, 4) is 0 Å². The van der Waals surface area contributed by atoms with Crippen LogP contribution in [0.4, 0.5) is 4.79 Å². The molecule has 1 heterocycles. The van der Waals surface area contributed by atoms with Gasteiger partial charge in [-0.3, -0.25) is 4.90 Å². The van der Waals surface area contributed by atoms with Crippen LogP contribution in [0.2, 0.25) is 0 Å². The van der Waals surface area contributed by atoms with Gasteiger partial charge < -0.3 is 9.47 Å². The molecule has 0 spiro atoms. The lowest BCUT2D eigenvalue weighted by atomic mass is 10.2. The molecule has 0 aromatic rings. The molecule has 0 unspecified atom stereocenters. The molecule has 1 amide bonds. The number of nitrogens with zero attached hydrogens (tertiary/aromatic N) is 2. The van der Waals surface area contributed by atoms with Gasteiger partial charge in [0.25, 0.3) is 0 Å². The average molecular weight is 200 g/mol. The normalized spacial score (nSPS) is 16.6. The SMILES string of the molecule is COC1=NCN(C(=O)OC(C)(C)C)C1. The zero-order chi connectivity index (χ0) is 10.8. The minimum absolute atomic E-state index is 0.318. The summed E-state index contributed by atoms with van der Waals surface area (Å²) in [4.78, 5) is 17.0. The maximum Gasteiger partial charge on any atom is 0.412 e. The van der Waals surface area contributed by atoms with Crippen LogP contribution < -0.4 is 0 Å². The van der Waals surface area contributed by atoms with Gasteiger partial charge in [-0.1, -0.05) is 0 Å². The highest BCUT2D eigenvalue weighted by Crippen LogP contribution is 2.11. The molecule has 14 heavy (non-hydrogen) atoms. The Hall–Kier alpha value is -1.26. The largest absolute Gasteiger partial charge is 0.483 e. The molecule has 0 aromatic carbocycles. The monoisotopic (exact) mass is 200 g/mol. The number of carbonyl (C=O) groups is 1. The highest BCUT2D eigenvalue weighted by Gasteiger charge is 2.26. The Morgan fingerprint density at radius 3 is 2.57 bits per heavy atom. The van der Waals surface area contributed by atoms with Gasteiger partial charge in [-0.25, -0.2) is 9.79 Å². The molecule has 0 saturated carbocycles. The van der Waals surface area contributed by atoms with E-state index in [1.54, 1.807) is 0 Å². The average Bonchev–Trinajstić information content (AvgIpc) is 2.48. The molecule has 0 saturated heterocycles. The van der Waals surface area contributed by atoms with Crippen molar-refractivity contribution in [2.75, 3.05) is 20.3 Å². The van der Waals surface area contributed by atoms with Gasteiger partial charge >= 0.3 is 6.09 Å². The fourth-order valence-electron chi connectivity index (χ4n) is 1.01. The molecular weight excluding hydrogens is 184 g/mol. The van der Waals surface area contributed by atoms with Crippen molar-refractivity contribution in [1.29, 1.82) is 0 Å². The van der Waals surface area contributed by atoms with E-state index in [9.17, 15) is 4.79 Å². The van der Waals surface area contributed by atoms with Crippen LogP contribution in [0.1, 0.15) is 20.8 Å². The molecule has 80 valence electrons. The Kier molecular flexibility index (Phi) is 2.98. The molecule has 0 bridgehead atoms. The van der Waals surface area contributed by atoms with E-state index in [2.05, 4.69) is 4.99 Å². The van der Waals surface area contributed by atoms with Gasteiger partial charge in [0.15, 0.2) is 0 Å². The van der Waals surface area contributed by atoms with E-state index in [1.807, 2.05) is 20.8 Å². The predicted octanol–water partition coefficient (Wildman–Crippen LogP) is 1.24. The summed E-state index contributed by atoms with van der Waals surface area (Å²) in [6.45, 7) is 6.21. The van der Waals surface area contributed by atoms with Crippen molar-refractivity contribution in [3.63, 3.8) is 0 Å². The number of amides is 1. The fraction of sp³-hybridized carbons (Fsp3) is 0.778. The zero-order valence-electron chi connectivity index (χ0n) is 9.03. The Bertz CT molecular complexity index is 255. The summed E-state index contributed by atoms with van der Waals surface area (Å²) in [6.07, 6.45) is -0.353. The molecule has 0 N–H and O–H groups in total. The summed E-state index contributed by atoms with van der Waals surface area (Å²) >= 11 is 0. The molecule has 0 radical (unpaired) electrons. The van der Waals surface area contributed by atoms with Crippen molar-refractivity contribution in [1.82, 2.24) is 4.90 Å². The third kappa shape index (κ3) is 2.90. The summed E-state index contributed by atoms with van der Waals surface area (Å²) in [5, 5.41) is 0. The Morgan fingerprint density at radius 1 is 1.50 bits per heavy atom. The second-order valence-corrected chi connectivity index (χ2v) is 4.08. The molecule has 1 aliphatic heterocycles. The van der Waals surface area contributed by atoms with Gasteiger partial charge in [-0.15, -0.1) is 0 Å². The predicted molar refractivity (Wildman–Crippen MR) is 52.3 cm³/mol. The summed E-state index contributed by atoms with van der Waals surface area (Å²) < 4.78 is 10.1. The molecule has 5 nitrogen and oxygen atoms in total. The Balaban J connectivity index is 2.42. The number of aliphatic imine (C=N–C) groups is 1. The number of hydrogen-bond donors (Lipinski definition) is 0. The van der Waals surface area contributed by atoms with E-state index in [-0.39, 0.29) is 6.09 Å². The van der Waals surface area contributed by atoms with Crippen LogP contribution in [-0.4, -0.2) is 42.8 Å². The van der Waals surface area contributed by atoms with Gasteiger partial charge in [-0.2, -0.15) is 0 Å². The van der Waals surface area contributed by atoms with Crippen LogP contribution in [0.3, 0.4) is 0 Å². The maximum absolute atomic E-state index is 11.5. The van der Waals surface area contributed by atoms with Gasteiger partial charge in [-0.05, 0) is 20.8 Å². The highest BCUT2D eigenvalue weighted by molar-refractivity contribution is 5.84. The highest BCUT2D eigenvalue weighted by atomic mass is 16.6. The number of carbonyl (C=O) groups excluding carboxylic acids is 1. The smallest absolute Gasteiger partial charge is 0.412 e. The van der Waals surface area contributed by atoms with E-state index in [4.69, 9.17) is 9.47 Å². The summed E-state index contributed by atoms with van der Waals surface area (Å²) in [5.41, 5.74) is -0.465. The van der Waals surface area contributed by atoms with Crippen molar-refractivity contribution in [2.45, 2.75) is 26.4 Å². The first-order chi connectivity index (χ1) is 6.42. The van der Waals surface area contributed by atoms with E-state index in [0.717, 1.165) is 0 Å². The Labute approximate surface area is 83.7 Å². The maximum atomic E-state index is 11.5. The number of methoxy groups -OCH3 is 1. The third-order valence-electron chi connectivity index (χ3n) is 1.63. The summed E-state index contributed by atoms with van der Waals surface area (Å²) in [5.74, 6) is 0.566. The van der Waals surface area contributed by atoms with Gasteiger partial charge in [0.2, 0.25) is 5.90 Å². The van der Waals surface area contributed by atoms with Crippen LogP contribution in [0.5, 0.6) is 0 Å². The lowest BCUT2D eigenvalue weighted by Gasteiger charge is -2.23. The van der Waals surface area contributed by atoms with E-state index >= 15 is 0 Å². The van der Waals surface area contributed by atoms with Crippen molar-refractivity contribution < 1.29 is 14.3 Å². The minimum Gasteiger partial charge on any atom is -0.483 e. The van der Waals surface area contributed by atoms with Crippen LogP contribution in [0.25, 0.3) is 0 Å². The summed E-state index contributed by atoms with van der Waals surface area (Å²) in [7, 11) is 1.54. The molecule has 0 aliphatic carbocycles. The van der Waals surface area contributed by atoms with Crippen LogP contribution in [-0.2, 0) is 9.47 Å². The van der Waals surface area contributed by atoms with Gasteiger partial charge in [0, 0.05) is 0 Å². The fourth-order valence-corrected chi connectivity index (χ4v) is 1.01. The molecule has 1 aliphatic rings. The minimum atomic E-state index is -0.465. The number of hydrogen-bond acceptors (Lipinski definition) is 4. The zero-order valence-corrected chi connectivity index (χ0v) is 9.03. The van der Waals surface area contributed by atoms with Crippen LogP contribution >= 0.6 is 0 Å². The molecule has 0 fully saturated rings. The second-order valence-electron chi connectivity index (χ2n) is 4.08. The van der Waals surface area contributed by atoms with Gasteiger partial charge in [0.1, 0.15) is 18.8 Å². The molecule has 1 rings (SSSR count). The van der Waals surface area contributed by atoms with Crippen molar-refractivity contribution in [3.05, 3.63) is 0 Å². The van der Waals surface area contributed by atoms with Gasteiger partial charge in [0.05, 0.1) is 7.11 Å².